The van der Waals surface area contributed by atoms with E-state index in [0.717, 1.165) is 5.69 Å². The molecule has 5 nitrogen and oxygen atoms in total. The zero-order valence-corrected chi connectivity index (χ0v) is 10.2. The molecule has 0 saturated carbocycles. The number of aromatic amines is 1. The van der Waals surface area contributed by atoms with Gasteiger partial charge in [0.15, 0.2) is 0 Å². The van der Waals surface area contributed by atoms with Gasteiger partial charge in [-0.15, -0.1) is 0 Å². The van der Waals surface area contributed by atoms with E-state index in [1.807, 2.05) is 20.8 Å². The van der Waals surface area contributed by atoms with Gasteiger partial charge in [-0.1, -0.05) is 20.8 Å². The lowest BCUT2D eigenvalue weighted by atomic mass is 9.92. The minimum Gasteiger partial charge on any atom is -0.395 e. The maximum atomic E-state index is 11.5. The minimum atomic E-state index is -0.167. The summed E-state index contributed by atoms with van der Waals surface area (Å²) in [5, 5.41) is 8.84. The van der Waals surface area contributed by atoms with Crippen LogP contribution in [0.3, 0.4) is 0 Å². The van der Waals surface area contributed by atoms with Crippen LogP contribution >= 0.6 is 0 Å². The van der Waals surface area contributed by atoms with E-state index in [9.17, 15) is 4.79 Å². The first kappa shape index (κ1) is 12.7. The van der Waals surface area contributed by atoms with Gasteiger partial charge in [0.1, 0.15) is 0 Å². The van der Waals surface area contributed by atoms with Crippen LogP contribution in [0, 0.1) is 0 Å². The number of nitrogens with one attached hydrogen (secondary N) is 1. The van der Waals surface area contributed by atoms with E-state index >= 15 is 0 Å². The van der Waals surface area contributed by atoms with Crippen LogP contribution in [-0.4, -0.2) is 35.3 Å². The van der Waals surface area contributed by atoms with Crippen LogP contribution in [0.15, 0.2) is 10.9 Å². The quantitative estimate of drug-likeness (QED) is 0.785. The summed E-state index contributed by atoms with van der Waals surface area (Å²) in [7, 11) is 1.78. The summed E-state index contributed by atoms with van der Waals surface area (Å²) in [6.45, 7) is 6.48. The van der Waals surface area contributed by atoms with E-state index in [-0.39, 0.29) is 17.6 Å². The molecule has 1 heterocycles. The van der Waals surface area contributed by atoms with E-state index in [2.05, 4.69) is 9.97 Å². The highest BCUT2D eigenvalue weighted by molar-refractivity contribution is 5.30. The number of hydrogen-bond acceptors (Lipinski definition) is 4. The molecular formula is C11H19N3O2. The molecule has 0 aliphatic carbocycles. The van der Waals surface area contributed by atoms with Crippen molar-refractivity contribution in [3.05, 3.63) is 22.1 Å². The molecule has 0 amide bonds. The van der Waals surface area contributed by atoms with E-state index in [1.165, 1.54) is 6.07 Å². The molecule has 0 unspecified atom stereocenters. The number of hydrogen-bond donors (Lipinski definition) is 2. The van der Waals surface area contributed by atoms with Crippen molar-refractivity contribution in [2.75, 3.05) is 25.1 Å². The number of rotatable bonds is 3. The van der Waals surface area contributed by atoms with Crippen molar-refractivity contribution in [1.82, 2.24) is 9.97 Å². The Balaban J connectivity index is 3.13. The largest absolute Gasteiger partial charge is 0.395 e. The van der Waals surface area contributed by atoms with Gasteiger partial charge in [0.2, 0.25) is 5.95 Å². The van der Waals surface area contributed by atoms with Crippen LogP contribution < -0.4 is 10.5 Å². The van der Waals surface area contributed by atoms with Crippen molar-refractivity contribution in [1.29, 1.82) is 0 Å². The molecule has 0 aromatic carbocycles. The lowest BCUT2D eigenvalue weighted by Gasteiger charge is -2.21. The Hall–Kier alpha value is -1.36. The van der Waals surface area contributed by atoms with Crippen LogP contribution in [0.5, 0.6) is 0 Å². The third kappa shape index (κ3) is 3.06. The second-order valence-corrected chi connectivity index (χ2v) is 4.85. The van der Waals surface area contributed by atoms with Gasteiger partial charge in [-0.05, 0) is 0 Å². The summed E-state index contributed by atoms with van der Waals surface area (Å²) < 4.78 is 0. The molecule has 0 saturated heterocycles. The maximum Gasteiger partial charge on any atom is 0.252 e. The average molecular weight is 225 g/mol. The Morgan fingerprint density at radius 2 is 2.12 bits per heavy atom. The molecule has 1 rings (SSSR count). The van der Waals surface area contributed by atoms with Crippen LogP contribution in [-0.2, 0) is 5.41 Å². The van der Waals surface area contributed by atoms with Gasteiger partial charge in [0.05, 0.1) is 12.3 Å². The van der Waals surface area contributed by atoms with Gasteiger partial charge >= 0.3 is 0 Å². The number of aliphatic hydroxyl groups excluding tert-OH is 1. The average Bonchev–Trinajstić information content (AvgIpc) is 2.16. The highest BCUT2D eigenvalue weighted by Gasteiger charge is 2.17. The first-order valence-corrected chi connectivity index (χ1v) is 5.28. The summed E-state index contributed by atoms with van der Waals surface area (Å²) >= 11 is 0. The summed E-state index contributed by atoms with van der Waals surface area (Å²) in [4.78, 5) is 20.2. The normalized spacial score (nSPS) is 11.6. The van der Waals surface area contributed by atoms with E-state index < -0.39 is 0 Å². The molecule has 0 aliphatic rings. The number of H-pyrrole nitrogens is 1. The van der Waals surface area contributed by atoms with Crippen molar-refractivity contribution in [3.63, 3.8) is 0 Å². The van der Waals surface area contributed by atoms with E-state index in [1.54, 1.807) is 11.9 Å². The molecule has 0 fully saturated rings. The number of nitrogens with zero attached hydrogens (tertiary/aromatic N) is 2. The first-order chi connectivity index (χ1) is 7.34. The smallest absolute Gasteiger partial charge is 0.252 e. The van der Waals surface area contributed by atoms with Crippen LogP contribution in [0.25, 0.3) is 0 Å². The third-order valence-corrected chi connectivity index (χ3v) is 2.29. The Morgan fingerprint density at radius 3 is 2.62 bits per heavy atom. The first-order valence-electron chi connectivity index (χ1n) is 5.28. The van der Waals surface area contributed by atoms with Gasteiger partial charge in [-0.25, -0.2) is 4.98 Å². The lowest BCUT2D eigenvalue weighted by Crippen LogP contribution is -2.28. The molecule has 2 N–H and O–H groups in total. The molecule has 0 atom stereocenters. The van der Waals surface area contributed by atoms with Gasteiger partial charge in [0, 0.05) is 25.1 Å². The fourth-order valence-electron chi connectivity index (χ4n) is 1.27. The predicted molar refractivity (Wildman–Crippen MR) is 63.9 cm³/mol. The Labute approximate surface area is 95.1 Å². The highest BCUT2D eigenvalue weighted by Crippen LogP contribution is 2.19. The fraction of sp³-hybridized carbons (Fsp3) is 0.636. The predicted octanol–water partition coefficient (Wildman–Crippen LogP) is 0.496. The molecular weight excluding hydrogens is 206 g/mol. The van der Waals surface area contributed by atoms with Crippen molar-refractivity contribution < 1.29 is 5.11 Å². The van der Waals surface area contributed by atoms with Crippen molar-refractivity contribution >= 4 is 5.95 Å². The van der Waals surface area contributed by atoms with Gasteiger partial charge < -0.3 is 10.0 Å². The molecule has 5 heteroatoms. The monoisotopic (exact) mass is 225 g/mol. The summed E-state index contributed by atoms with van der Waals surface area (Å²) in [5.41, 5.74) is 0.416. The molecule has 0 aliphatic heterocycles. The fourth-order valence-corrected chi connectivity index (χ4v) is 1.27. The van der Waals surface area contributed by atoms with Crippen molar-refractivity contribution in [3.8, 4) is 0 Å². The zero-order chi connectivity index (χ0) is 12.3. The Morgan fingerprint density at radius 1 is 1.50 bits per heavy atom. The van der Waals surface area contributed by atoms with Gasteiger partial charge in [-0.3, -0.25) is 9.78 Å². The third-order valence-electron chi connectivity index (χ3n) is 2.29. The van der Waals surface area contributed by atoms with Crippen LogP contribution in [0.4, 0.5) is 5.95 Å². The van der Waals surface area contributed by atoms with Gasteiger partial charge in [-0.2, -0.15) is 0 Å². The van der Waals surface area contributed by atoms with Gasteiger partial charge in [0.25, 0.3) is 5.56 Å². The van der Waals surface area contributed by atoms with Crippen LogP contribution in [0.1, 0.15) is 26.5 Å². The van der Waals surface area contributed by atoms with E-state index in [0.29, 0.717) is 12.5 Å². The molecule has 0 radical (unpaired) electrons. The zero-order valence-electron chi connectivity index (χ0n) is 10.2. The number of aliphatic hydroxyl groups is 1. The number of anilines is 1. The SMILES string of the molecule is CN(CCO)c1nc(C(C)(C)C)cc(=O)[nH]1. The van der Waals surface area contributed by atoms with Crippen molar-refractivity contribution in [2.24, 2.45) is 0 Å². The molecule has 1 aromatic rings. The topological polar surface area (TPSA) is 69.2 Å². The van der Waals surface area contributed by atoms with Crippen molar-refractivity contribution in [2.45, 2.75) is 26.2 Å². The summed E-state index contributed by atoms with van der Waals surface area (Å²) in [6, 6.07) is 1.51. The molecule has 16 heavy (non-hydrogen) atoms. The maximum absolute atomic E-state index is 11.5. The van der Waals surface area contributed by atoms with Crippen LogP contribution in [0.2, 0.25) is 0 Å². The second kappa shape index (κ2) is 4.65. The number of likely N-dealkylation sites (N-methyl/N-ethyl adjacent to an activating group) is 1. The minimum absolute atomic E-state index is 0.0277. The summed E-state index contributed by atoms with van der Waals surface area (Å²) in [6.07, 6.45) is 0. The standard InChI is InChI=1S/C11H19N3O2/c1-11(2,3)8-7-9(16)13-10(12-8)14(4)5-6-15/h7,15H,5-6H2,1-4H3,(H,12,13,16). The van der Waals surface area contributed by atoms with E-state index in [4.69, 9.17) is 5.11 Å². The summed E-state index contributed by atoms with van der Waals surface area (Å²) in [5.74, 6) is 0.492. The highest BCUT2D eigenvalue weighted by atomic mass is 16.3. The lowest BCUT2D eigenvalue weighted by molar-refractivity contribution is 0.303. The molecule has 1 aromatic heterocycles. The molecule has 0 bridgehead atoms. The molecule has 0 spiro atoms. The molecule has 90 valence electrons. The second-order valence-electron chi connectivity index (χ2n) is 4.85. The Bertz CT molecular complexity index is 406. The Kier molecular flexibility index (Phi) is 3.70. The number of aromatic nitrogens is 2.